The van der Waals surface area contributed by atoms with Gasteiger partial charge in [0, 0.05) is 16.9 Å². The molecular formula is C14H14ClN3OS2. The Hall–Kier alpha value is -1.37. The van der Waals surface area contributed by atoms with Crippen molar-refractivity contribution in [2.75, 3.05) is 11.1 Å². The molecule has 0 fully saturated rings. The monoisotopic (exact) mass is 339 g/mol. The lowest BCUT2D eigenvalue weighted by Crippen LogP contribution is -2.07. The van der Waals surface area contributed by atoms with Crippen molar-refractivity contribution in [1.29, 1.82) is 0 Å². The van der Waals surface area contributed by atoms with E-state index in [4.69, 9.17) is 11.6 Å². The van der Waals surface area contributed by atoms with E-state index in [-0.39, 0.29) is 5.91 Å². The number of carbonyl (C=O) groups is 1. The number of carbonyl (C=O) groups excluding carboxylic acids is 1. The van der Waals surface area contributed by atoms with E-state index in [0.29, 0.717) is 10.2 Å². The molecule has 1 heterocycles. The minimum absolute atomic E-state index is 0.229. The molecule has 1 N–H and O–H groups in total. The largest absolute Gasteiger partial charge is 0.297 e. The van der Waals surface area contributed by atoms with E-state index in [9.17, 15) is 4.79 Å². The molecule has 7 heteroatoms. The van der Waals surface area contributed by atoms with Crippen LogP contribution in [0.1, 0.15) is 18.9 Å². The van der Waals surface area contributed by atoms with Gasteiger partial charge in [-0.3, -0.25) is 10.1 Å². The van der Waals surface area contributed by atoms with Crippen LogP contribution in [0.25, 0.3) is 6.08 Å². The summed E-state index contributed by atoms with van der Waals surface area (Å²) >= 11 is 8.83. The molecule has 1 aromatic heterocycles. The van der Waals surface area contributed by atoms with Gasteiger partial charge < -0.3 is 0 Å². The smallest absolute Gasteiger partial charge is 0.250 e. The summed E-state index contributed by atoms with van der Waals surface area (Å²) < 4.78 is 0.869. The fourth-order valence-corrected chi connectivity index (χ4v) is 3.21. The van der Waals surface area contributed by atoms with Crippen LogP contribution in [-0.2, 0) is 4.79 Å². The SMILES string of the molecule is CCCSc1nnc(NC(=O)/C=C/c2ccc(Cl)cc2)s1. The first-order chi connectivity index (χ1) is 10.2. The molecule has 110 valence electrons. The van der Waals surface area contributed by atoms with Crippen molar-refractivity contribution >= 4 is 51.8 Å². The molecule has 1 aromatic carbocycles. The Morgan fingerprint density at radius 2 is 2.14 bits per heavy atom. The van der Waals surface area contributed by atoms with Crippen LogP contribution in [0.5, 0.6) is 0 Å². The first-order valence-electron chi connectivity index (χ1n) is 6.38. The third kappa shape index (κ3) is 5.49. The predicted octanol–water partition coefficient (Wildman–Crippen LogP) is 4.35. The molecule has 0 saturated carbocycles. The number of benzene rings is 1. The van der Waals surface area contributed by atoms with Crippen LogP contribution in [0.3, 0.4) is 0 Å². The van der Waals surface area contributed by atoms with Crippen LogP contribution in [0.4, 0.5) is 5.13 Å². The van der Waals surface area contributed by atoms with Crippen LogP contribution in [0.2, 0.25) is 5.02 Å². The minimum atomic E-state index is -0.229. The van der Waals surface area contributed by atoms with Gasteiger partial charge in [-0.25, -0.2) is 0 Å². The Bertz CT molecular complexity index is 625. The quantitative estimate of drug-likeness (QED) is 0.483. The summed E-state index contributed by atoms with van der Waals surface area (Å²) in [5.74, 6) is 0.770. The molecule has 1 amide bonds. The highest BCUT2D eigenvalue weighted by molar-refractivity contribution is 8.01. The zero-order valence-electron chi connectivity index (χ0n) is 11.4. The summed E-state index contributed by atoms with van der Waals surface area (Å²) in [7, 11) is 0. The molecule has 0 aliphatic heterocycles. The van der Waals surface area contributed by atoms with Crippen molar-refractivity contribution in [3.8, 4) is 0 Å². The fraction of sp³-hybridized carbons (Fsp3) is 0.214. The third-order valence-corrected chi connectivity index (χ3v) is 4.79. The summed E-state index contributed by atoms with van der Waals surface area (Å²) in [6.07, 6.45) is 4.26. The van der Waals surface area contributed by atoms with E-state index in [1.807, 2.05) is 12.1 Å². The van der Waals surface area contributed by atoms with Gasteiger partial charge in [-0.15, -0.1) is 10.2 Å². The highest BCUT2D eigenvalue weighted by Crippen LogP contribution is 2.25. The number of halogens is 1. The number of hydrogen-bond acceptors (Lipinski definition) is 5. The number of rotatable bonds is 6. The van der Waals surface area contributed by atoms with E-state index in [1.54, 1.807) is 30.0 Å². The molecule has 0 radical (unpaired) electrons. The number of amides is 1. The van der Waals surface area contributed by atoms with Gasteiger partial charge in [-0.05, 0) is 30.2 Å². The minimum Gasteiger partial charge on any atom is -0.297 e. The normalized spacial score (nSPS) is 11.0. The topological polar surface area (TPSA) is 54.9 Å². The molecule has 21 heavy (non-hydrogen) atoms. The van der Waals surface area contributed by atoms with Crippen LogP contribution in [-0.4, -0.2) is 21.9 Å². The first kappa shape index (κ1) is 16.0. The van der Waals surface area contributed by atoms with Crippen molar-refractivity contribution in [2.24, 2.45) is 0 Å². The summed E-state index contributed by atoms with van der Waals surface area (Å²) in [4.78, 5) is 11.8. The van der Waals surface area contributed by atoms with Crippen LogP contribution < -0.4 is 5.32 Å². The van der Waals surface area contributed by atoms with Gasteiger partial charge >= 0.3 is 0 Å². The molecule has 0 aliphatic carbocycles. The van der Waals surface area contributed by atoms with E-state index >= 15 is 0 Å². The molecule has 0 aliphatic rings. The maximum Gasteiger partial charge on any atom is 0.250 e. The zero-order valence-corrected chi connectivity index (χ0v) is 13.8. The number of anilines is 1. The molecule has 0 bridgehead atoms. The Labute approximate surface area is 136 Å². The standard InChI is InChI=1S/C14H14ClN3OS2/c1-2-9-20-14-18-17-13(21-14)16-12(19)8-5-10-3-6-11(15)7-4-10/h3-8H,2,9H2,1H3,(H,16,17,19)/b8-5+. The maximum atomic E-state index is 11.8. The Kier molecular flexibility index (Phi) is 6.22. The highest BCUT2D eigenvalue weighted by atomic mass is 35.5. The molecular weight excluding hydrogens is 326 g/mol. The van der Waals surface area contributed by atoms with Crippen LogP contribution >= 0.6 is 34.7 Å². The first-order valence-corrected chi connectivity index (χ1v) is 8.56. The van der Waals surface area contributed by atoms with Gasteiger partial charge in [-0.2, -0.15) is 0 Å². The number of thioether (sulfide) groups is 1. The highest BCUT2D eigenvalue weighted by Gasteiger charge is 2.06. The van der Waals surface area contributed by atoms with Crippen molar-refractivity contribution in [3.63, 3.8) is 0 Å². The molecule has 2 rings (SSSR count). The fourth-order valence-electron chi connectivity index (χ4n) is 1.40. The average molecular weight is 340 g/mol. The van der Waals surface area contributed by atoms with Gasteiger partial charge in [0.2, 0.25) is 11.0 Å². The second-order valence-electron chi connectivity index (χ2n) is 4.10. The van der Waals surface area contributed by atoms with Crippen LogP contribution in [0.15, 0.2) is 34.7 Å². The predicted molar refractivity (Wildman–Crippen MR) is 90.0 cm³/mol. The van der Waals surface area contributed by atoms with Gasteiger partial charge in [0.1, 0.15) is 0 Å². The molecule has 0 atom stereocenters. The zero-order chi connectivity index (χ0) is 15.1. The number of nitrogens with zero attached hydrogens (tertiary/aromatic N) is 2. The Balaban J connectivity index is 1.89. The van der Waals surface area contributed by atoms with Gasteiger partial charge in [-0.1, -0.05) is 53.8 Å². The molecule has 0 saturated heterocycles. The van der Waals surface area contributed by atoms with Gasteiger partial charge in [0.15, 0.2) is 4.34 Å². The lowest BCUT2D eigenvalue weighted by molar-refractivity contribution is -0.111. The lowest BCUT2D eigenvalue weighted by Gasteiger charge is -1.95. The molecule has 2 aromatic rings. The van der Waals surface area contributed by atoms with Gasteiger partial charge in [0.05, 0.1) is 0 Å². The summed E-state index contributed by atoms with van der Waals surface area (Å²) in [6, 6.07) is 7.25. The Morgan fingerprint density at radius 1 is 1.38 bits per heavy atom. The molecule has 4 nitrogen and oxygen atoms in total. The van der Waals surface area contributed by atoms with Crippen molar-refractivity contribution in [2.45, 2.75) is 17.7 Å². The second kappa shape index (κ2) is 8.17. The summed E-state index contributed by atoms with van der Waals surface area (Å²) in [5.41, 5.74) is 0.908. The summed E-state index contributed by atoms with van der Waals surface area (Å²) in [6.45, 7) is 2.11. The number of hydrogen-bond donors (Lipinski definition) is 1. The number of aromatic nitrogens is 2. The van der Waals surface area contributed by atoms with E-state index < -0.39 is 0 Å². The van der Waals surface area contributed by atoms with Crippen molar-refractivity contribution in [3.05, 3.63) is 40.9 Å². The molecule has 0 spiro atoms. The van der Waals surface area contributed by atoms with E-state index in [2.05, 4.69) is 22.4 Å². The lowest BCUT2D eigenvalue weighted by atomic mass is 10.2. The second-order valence-corrected chi connectivity index (χ2v) is 6.85. The third-order valence-electron chi connectivity index (χ3n) is 2.36. The average Bonchev–Trinajstić information content (AvgIpc) is 2.92. The van der Waals surface area contributed by atoms with E-state index in [0.717, 1.165) is 22.1 Å². The van der Waals surface area contributed by atoms with E-state index in [1.165, 1.54) is 17.4 Å². The molecule has 0 unspecified atom stereocenters. The van der Waals surface area contributed by atoms with Crippen molar-refractivity contribution in [1.82, 2.24) is 10.2 Å². The summed E-state index contributed by atoms with van der Waals surface area (Å²) in [5, 5.41) is 11.8. The van der Waals surface area contributed by atoms with Crippen LogP contribution in [0, 0.1) is 0 Å². The van der Waals surface area contributed by atoms with Gasteiger partial charge in [0.25, 0.3) is 0 Å². The number of nitrogens with one attached hydrogen (secondary N) is 1. The van der Waals surface area contributed by atoms with Crippen molar-refractivity contribution < 1.29 is 4.79 Å². The Morgan fingerprint density at radius 3 is 2.86 bits per heavy atom. The maximum absolute atomic E-state index is 11.8.